The van der Waals surface area contributed by atoms with Crippen LogP contribution in [0.3, 0.4) is 0 Å². The van der Waals surface area contributed by atoms with Crippen LogP contribution in [-0.4, -0.2) is 13.7 Å². The van der Waals surface area contributed by atoms with Crippen molar-refractivity contribution in [1.29, 1.82) is 0 Å². The smallest absolute Gasteiger partial charge is 0.378 e. The zero-order valence-corrected chi connectivity index (χ0v) is 17.6. The van der Waals surface area contributed by atoms with Gasteiger partial charge in [0.15, 0.2) is 0 Å². The summed E-state index contributed by atoms with van der Waals surface area (Å²) in [5.41, 5.74) is 1.48. The Kier molecular flexibility index (Phi) is 5.36. The van der Waals surface area contributed by atoms with Crippen LogP contribution < -0.4 is 10.0 Å². The lowest BCUT2D eigenvalue weighted by Crippen LogP contribution is -2.31. The number of anilines is 2. The van der Waals surface area contributed by atoms with Gasteiger partial charge >= 0.3 is 6.18 Å². The Morgan fingerprint density at radius 2 is 1.83 bits per heavy atom. The average Bonchev–Trinajstić information content (AvgIpc) is 2.59. The molecule has 1 atom stereocenters. The Balaban J connectivity index is 1.92. The van der Waals surface area contributed by atoms with Gasteiger partial charge in [-0.05, 0) is 67.1 Å². The first-order valence-corrected chi connectivity index (χ1v) is 10.9. The van der Waals surface area contributed by atoms with E-state index >= 15 is 0 Å². The van der Waals surface area contributed by atoms with Gasteiger partial charge in [-0.3, -0.25) is 4.72 Å². The summed E-state index contributed by atoms with van der Waals surface area (Å²) in [6.07, 6.45) is -3.81. The standard InChI is InChI=1S/C21H25F3N2O2S/c1-13(2)29(27,28)26-16-7-5-6-14(10-16)19-12-20(3,4)17-11-15(21(22,23)24)8-9-18(17)25-19/h5-11,13,19,25-26H,12H2,1-4H3. The van der Waals surface area contributed by atoms with Crippen LogP contribution >= 0.6 is 0 Å². The molecule has 0 aromatic heterocycles. The van der Waals surface area contributed by atoms with Crippen molar-refractivity contribution in [1.82, 2.24) is 0 Å². The SMILES string of the molecule is CC(C)S(=O)(=O)Nc1cccc(C2CC(C)(C)c3cc(C(F)(F)F)ccc3N2)c1. The summed E-state index contributed by atoms with van der Waals surface area (Å²) in [7, 11) is -3.47. The van der Waals surface area contributed by atoms with Gasteiger partial charge in [0.1, 0.15) is 0 Å². The number of hydrogen-bond donors (Lipinski definition) is 2. The fourth-order valence-corrected chi connectivity index (χ4v) is 4.26. The summed E-state index contributed by atoms with van der Waals surface area (Å²) in [5, 5.41) is 2.75. The Hall–Kier alpha value is -2.22. The molecule has 158 valence electrons. The van der Waals surface area contributed by atoms with E-state index in [4.69, 9.17) is 0 Å². The highest BCUT2D eigenvalue weighted by atomic mass is 32.2. The third-order valence-corrected chi connectivity index (χ3v) is 7.05. The van der Waals surface area contributed by atoms with Crippen molar-refractivity contribution < 1.29 is 21.6 Å². The van der Waals surface area contributed by atoms with Crippen molar-refractivity contribution in [2.45, 2.75) is 57.0 Å². The van der Waals surface area contributed by atoms with E-state index in [-0.39, 0.29) is 6.04 Å². The molecule has 0 aliphatic carbocycles. The second kappa shape index (κ2) is 7.23. The third kappa shape index (κ3) is 4.52. The molecule has 4 nitrogen and oxygen atoms in total. The van der Waals surface area contributed by atoms with Crippen LogP contribution in [0.4, 0.5) is 24.5 Å². The fourth-order valence-electron chi connectivity index (χ4n) is 3.57. The van der Waals surface area contributed by atoms with Gasteiger partial charge < -0.3 is 5.32 Å². The van der Waals surface area contributed by atoms with Crippen molar-refractivity contribution in [2.75, 3.05) is 10.0 Å². The molecule has 2 N–H and O–H groups in total. The summed E-state index contributed by atoms with van der Waals surface area (Å²) in [5.74, 6) is 0. The monoisotopic (exact) mass is 426 g/mol. The third-order valence-electron chi connectivity index (χ3n) is 5.29. The minimum atomic E-state index is -4.39. The van der Waals surface area contributed by atoms with E-state index in [2.05, 4.69) is 10.0 Å². The number of benzene rings is 2. The van der Waals surface area contributed by atoms with Crippen LogP contribution in [0, 0.1) is 0 Å². The molecule has 0 bridgehead atoms. The number of hydrogen-bond acceptors (Lipinski definition) is 3. The Morgan fingerprint density at radius 3 is 2.45 bits per heavy atom. The van der Waals surface area contributed by atoms with Crippen LogP contribution in [0.15, 0.2) is 42.5 Å². The van der Waals surface area contributed by atoms with Gasteiger partial charge in [-0.15, -0.1) is 0 Å². The van der Waals surface area contributed by atoms with Gasteiger partial charge in [-0.25, -0.2) is 8.42 Å². The lowest BCUT2D eigenvalue weighted by Gasteiger charge is -2.39. The van der Waals surface area contributed by atoms with Gasteiger partial charge in [-0.2, -0.15) is 13.2 Å². The largest absolute Gasteiger partial charge is 0.416 e. The first-order valence-electron chi connectivity index (χ1n) is 9.39. The zero-order chi connectivity index (χ0) is 21.6. The summed E-state index contributed by atoms with van der Waals surface area (Å²) in [6, 6.07) is 10.7. The van der Waals surface area contributed by atoms with E-state index in [0.717, 1.165) is 11.6 Å². The quantitative estimate of drug-likeness (QED) is 0.660. The minimum absolute atomic E-state index is 0.155. The van der Waals surface area contributed by atoms with Crippen molar-refractivity contribution in [3.63, 3.8) is 0 Å². The number of nitrogens with one attached hydrogen (secondary N) is 2. The van der Waals surface area contributed by atoms with E-state index in [0.29, 0.717) is 23.4 Å². The van der Waals surface area contributed by atoms with Crippen LogP contribution in [-0.2, 0) is 21.6 Å². The van der Waals surface area contributed by atoms with E-state index in [1.165, 1.54) is 12.1 Å². The van der Waals surface area contributed by atoms with Crippen molar-refractivity contribution in [2.24, 2.45) is 0 Å². The number of fused-ring (bicyclic) bond motifs is 1. The summed E-state index contributed by atoms with van der Waals surface area (Å²) >= 11 is 0. The van der Waals surface area contributed by atoms with Crippen LogP contribution in [0.2, 0.25) is 0 Å². The molecule has 3 rings (SSSR count). The predicted molar refractivity (Wildman–Crippen MR) is 110 cm³/mol. The number of sulfonamides is 1. The topological polar surface area (TPSA) is 58.2 Å². The molecule has 1 aliphatic rings. The van der Waals surface area contributed by atoms with Crippen molar-refractivity contribution in [3.8, 4) is 0 Å². The Bertz CT molecular complexity index is 1010. The lowest BCUT2D eigenvalue weighted by molar-refractivity contribution is -0.137. The average molecular weight is 427 g/mol. The highest BCUT2D eigenvalue weighted by Gasteiger charge is 2.37. The molecule has 29 heavy (non-hydrogen) atoms. The maximum atomic E-state index is 13.1. The summed E-state index contributed by atoms with van der Waals surface area (Å²) < 4.78 is 66.2. The van der Waals surface area contributed by atoms with E-state index < -0.39 is 32.4 Å². The minimum Gasteiger partial charge on any atom is -0.378 e. The normalized spacial score (nSPS) is 18.8. The molecule has 2 aromatic rings. The zero-order valence-electron chi connectivity index (χ0n) is 16.8. The molecule has 8 heteroatoms. The van der Waals surface area contributed by atoms with E-state index in [9.17, 15) is 21.6 Å². The van der Waals surface area contributed by atoms with Crippen LogP contribution in [0.1, 0.15) is 56.8 Å². The first-order chi connectivity index (χ1) is 13.3. The molecule has 0 saturated carbocycles. The van der Waals surface area contributed by atoms with Gasteiger partial charge in [0.05, 0.1) is 16.9 Å². The van der Waals surface area contributed by atoms with Crippen LogP contribution in [0.25, 0.3) is 0 Å². The van der Waals surface area contributed by atoms with Gasteiger partial charge in [0, 0.05) is 11.4 Å². The molecule has 0 fully saturated rings. The number of halogens is 3. The maximum absolute atomic E-state index is 13.1. The van der Waals surface area contributed by atoms with E-state index in [1.54, 1.807) is 32.0 Å². The number of rotatable bonds is 4. The van der Waals surface area contributed by atoms with Gasteiger partial charge in [0.2, 0.25) is 10.0 Å². The molecular formula is C21H25F3N2O2S. The highest BCUT2D eigenvalue weighted by molar-refractivity contribution is 7.93. The fraction of sp³-hybridized carbons (Fsp3) is 0.429. The number of alkyl halides is 3. The van der Waals surface area contributed by atoms with Crippen LogP contribution in [0.5, 0.6) is 0 Å². The molecule has 0 amide bonds. The molecule has 0 spiro atoms. The first kappa shape index (κ1) is 21.5. The van der Waals surface area contributed by atoms with E-state index in [1.807, 2.05) is 19.9 Å². The summed E-state index contributed by atoms with van der Waals surface area (Å²) in [4.78, 5) is 0. The van der Waals surface area contributed by atoms with Gasteiger partial charge in [-0.1, -0.05) is 26.0 Å². The Labute approximate surface area is 169 Å². The van der Waals surface area contributed by atoms with Crippen molar-refractivity contribution in [3.05, 3.63) is 59.2 Å². The molecule has 0 saturated heterocycles. The maximum Gasteiger partial charge on any atom is 0.416 e. The molecule has 1 heterocycles. The molecular weight excluding hydrogens is 401 g/mol. The summed E-state index contributed by atoms with van der Waals surface area (Å²) in [6.45, 7) is 7.05. The van der Waals surface area contributed by atoms with Crippen molar-refractivity contribution >= 4 is 21.4 Å². The second-order valence-electron chi connectivity index (χ2n) is 8.36. The molecule has 0 radical (unpaired) electrons. The second-order valence-corrected chi connectivity index (χ2v) is 10.6. The Morgan fingerprint density at radius 1 is 1.14 bits per heavy atom. The molecule has 2 aromatic carbocycles. The lowest BCUT2D eigenvalue weighted by atomic mass is 9.73. The molecule has 1 aliphatic heterocycles. The van der Waals surface area contributed by atoms with Gasteiger partial charge in [0.25, 0.3) is 0 Å². The predicted octanol–water partition coefficient (Wildman–Crippen LogP) is 5.69. The highest BCUT2D eigenvalue weighted by Crippen LogP contribution is 2.46. The molecule has 1 unspecified atom stereocenters.